The molecule has 1 aromatic carbocycles. The molecule has 100 valence electrons. The SMILES string of the molecule is Cc1ccc(-n2ccc(-c3cc(Cl)ccc3O)n2)cn1. The highest BCUT2D eigenvalue weighted by atomic mass is 35.5. The minimum Gasteiger partial charge on any atom is -0.507 e. The fourth-order valence-corrected chi connectivity index (χ4v) is 2.09. The fourth-order valence-electron chi connectivity index (χ4n) is 1.92. The van der Waals surface area contributed by atoms with Crippen LogP contribution < -0.4 is 0 Å². The van der Waals surface area contributed by atoms with Crippen molar-refractivity contribution >= 4 is 11.6 Å². The molecule has 3 aromatic rings. The topological polar surface area (TPSA) is 50.9 Å². The molecule has 0 fully saturated rings. The molecule has 0 atom stereocenters. The van der Waals surface area contributed by atoms with E-state index in [9.17, 15) is 5.11 Å². The molecule has 0 aliphatic carbocycles. The Morgan fingerprint density at radius 3 is 2.75 bits per heavy atom. The smallest absolute Gasteiger partial charge is 0.125 e. The van der Waals surface area contributed by atoms with Crippen molar-refractivity contribution in [2.24, 2.45) is 0 Å². The van der Waals surface area contributed by atoms with Crippen LogP contribution >= 0.6 is 11.6 Å². The van der Waals surface area contributed by atoms with Crippen molar-refractivity contribution in [1.82, 2.24) is 14.8 Å². The quantitative estimate of drug-likeness (QED) is 0.782. The van der Waals surface area contributed by atoms with E-state index in [0.717, 1.165) is 11.4 Å². The van der Waals surface area contributed by atoms with Crippen LogP contribution in [0.3, 0.4) is 0 Å². The third kappa shape index (κ3) is 2.38. The van der Waals surface area contributed by atoms with Gasteiger partial charge in [0.15, 0.2) is 0 Å². The maximum absolute atomic E-state index is 9.88. The maximum atomic E-state index is 9.88. The normalized spacial score (nSPS) is 10.7. The van der Waals surface area contributed by atoms with E-state index in [0.29, 0.717) is 16.3 Å². The number of hydrogen-bond donors (Lipinski definition) is 1. The van der Waals surface area contributed by atoms with E-state index in [-0.39, 0.29) is 5.75 Å². The molecule has 4 nitrogen and oxygen atoms in total. The number of aromatic hydroxyl groups is 1. The van der Waals surface area contributed by atoms with Gasteiger partial charge in [0.2, 0.25) is 0 Å². The van der Waals surface area contributed by atoms with Gasteiger partial charge in [0.25, 0.3) is 0 Å². The fraction of sp³-hybridized carbons (Fsp3) is 0.0667. The first-order valence-electron chi connectivity index (χ1n) is 6.11. The second kappa shape index (κ2) is 4.98. The van der Waals surface area contributed by atoms with E-state index < -0.39 is 0 Å². The lowest BCUT2D eigenvalue weighted by molar-refractivity contribution is 0.477. The highest BCUT2D eigenvalue weighted by molar-refractivity contribution is 6.30. The number of hydrogen-bond acceptors (Lipinski definition) is 3. The summed E-state index contributed by atoms with van der Waals surface area (Å²) in [6.45, 7) is 1.93. The average molecular weight is 286 g/mol. The van der Waals surface area contributed by atoms with Gasteiger partial charge in [-0.15, -0.1) is 0 Å². The van der Waals surface area contributed by atoms with E-state index >= 15 is 0 Å². The second-order valence-corrected chi connectivity index (χ2v) is 4.90. The van der Waals surface area contributed by atoms with E-state index in [1.54, 1.807) is 29.1 Å². The van der Waals surface area contributed by atoms with Gasteiger partial charge in [0, 0.05) is 22.5 Å². The average Bonchev–Trinajstić information content (AvgIpc) is 2.92. The Bertz CT molecular complexity index is 750. The molecule has 2 heterocycles. The third-order valence-electron chi connectivity index (χ3n) is 2.98. The molecule has 0 unspecified atom stereocenters. The van der Waals surface area contributed by atoms with Crippen LogP contribution in [-0.4, -0.2) is 19.9 Å². The Morgan fingerprint density at radius 2 is 2.00 bits per heavy atom. The minimum absolute atomic E-state index is 0.154. The molecule has 20 heavy (non-hydrogen) atoms. The van der Waals surface area contributed by atoms with Gasteiger partial charge in [-0.05, 0) is 43.3 Å². The number of phenolic OH excluding ortho intramolecular Hbond substituents is 1. The number of phenols is 1. The molecule has 0 saturated heterocycles. The van der Waals surface area contributed by atoms with Crippen LogP contribution in [-0.2, 0) is 0 Å². The summed E-state index contributed by atoms with van der Waals surface area (Å²) in [5.74, 6) is 0.154. The molecule has 0 aliphatic heterocycles. The molecule has 0 bridgehead atoms. The van der Waals surface area contributed by atoms with Crippen LogP contribution in [0.4, 0.5) is 0 Å². The summed E-state index contributed by atoms with van der Waals surface area (Å²) in [5, 5.41) is 14.9. The van der Waals surface area contributed by atoms with Crippen molar-refractivity contribution in [2.75, 3.05) is 0 Å². The standard InChI is InChI=1S/C15H12ClN3O/c1-10-2-4-12(9-17-10)19-7-6-14(18-19)13-8-11(16)3-5-15(13)20/h2-9,20H,1H3. The van der Waals surface area contributed by atoms with Crippen LogP contribution in [0.5, 0.6) is 5.75 Å². The number of benzene rings is 1. The zero-order chi connectivity index (χ0) is 14.1. The highest BCUT2D eigenvalue weighted by Crippen LogP contribution is 2.30. The van der Waals surface area contributed by atoms with Crippen LogP contribution in [0.15, 0.2) is 48.8 Å². The Kier molecular flexibility index (Phi) is 3.16. The van der Waals surface area contributed by atoms with Crippen molar-refractivity contribution in [1.29, 1.82) is 0 Å². The largest absolute Gasteiger partial charge is 0.507 e. The number of pyridine rings is 1. The number of nitrogens with zero attached hydrogens (tertiary/aromatic N) is 3. The zero-order valence-electron chi connectivity index (χ0n) is 10.8. The van der Waals surface area contributed by atoms with Gasteiger partial charge in [-0.25, -0.2) is 4.68 Å². The maximum Gasteiger partial charge on any atom is 0.125 e. The number of aromatic nitrogens is 3. The van der Waals surface area contributed by atoms with Gasteiger partial charge in [-0.3, -0.25) is 4.98 Å². The van der Waals surface area contributed by atoms with Crippen LogP contribution in [0.25, 0.3) is 16.9 Å². The predicted molar refractivity (Wildman–Crippen MR) is 78.2 cm³/mol. The molecule has 2 aromatic heterocycles. The molecule has 0 saturated carbocycles. The molecule has 0 spiro atoms. The Morgan fingerprint density at radius 1 is 1.15 bits per heavy atom. The molecular formula is C15H12ClN3O. The molecule has 0 aliphatic rings. The first kappa shape index (κ1) is 12.7. The van der Waals surface area contributed by atoms with E-state index in [1.165, 1.54) is 0 Å². The summed E-state index contributed by atoms with van der Waals surface area (Å²) >= 11 is 5.95. The van der Waals surface area contributed by atoms with Gasteiger partial charge in [-0.1, -0.05) is 11.6 Å². The monoisotopic (exact) mass is 285 g/mol. The lowest BCUT2D eigenvalue weighted by Crippen LogP contribution is -1.96. The highest BCUT2D eigenvalue weighted by Gasteiger charge is 2.09. The summed E-state index contributed by atoms with van der Waals surface area (Å²) in [4.78, 5) is 4.24. The Labute approximate surface area is 121 Å². The van der Waals surface area contributed by atoms with Gasteiger partial charge in [0.05, 0.1) is 17.6 Å². The summed E-state index contributed by atoms with van der Waals surface area (Å²) in [6, 6.07) is 10.6. The molecule has 0 radical (unpaired) electrons. The van der Waals surface area contributed by atoms with Crippen molar-refractivity contribution in [2.45, 2.75) is 6.92 Å². The van der Waals surface area contributed by atoms with E-state index in [1.807, 2.05) is 31.3 Å². The molecule has 5 heteroatoms. The molecule has 3 rings (SSSR count). The third-order valence-corrected chi connectivity index (χ3v) is 3.22. The van der Waals surface area contributed by atoms with Crippen molar-refractivity contribution in [3.63, 3.8) is 0 Å². The van der Waals surface area contributed by atoms with Gasteiger partial charge in [-0.2, -0.15) is 5.10 Å². The first-order chi connectivity index (χ1) is 9.63. The lowest BCUT2D eigenvalue weighted by atomic mass is 10.1. The number of aryl methyl sites for hydroxylation is 1. The molecule has 1 N–H and O–H groups in total. The number of rotatable bonds is 2. The van der Waals surface area contributed by atoms with Gasteiger partial charge < -0.3 is 5.11 Å². The van der Waals surface area contributed by atoms with Crippen LogP contribution in [0.2, 0.25) is 5.02 Å². The van der Waals surface area contributed by atoms with Gasteiger partial charge in [0.1, 0.15) is 5.75 Å². The van der Waals surface area contributed by atoms with Gasteiger partial charge >= 0.3 is 0 Å². The summed E-state index contributed by atoms with van der Waals surface area (Å²) < 4.78 is 1.71. The molecular weight excluding hydrogens is 274 g/mol. The van der Waals surface area contributed by atoms with Crippen molar-refractivity contribution in [3.05, 3.63) is 59.5 Å². The minimum atomic E-state index is 0.154. The van der Waals surface area contributed by atoms with E-state index in [2.05, 4.69) is 10.1 Å². The summed E-state index contributed by atoms with van der Waals surface area (Å²) in [5.41, 5.74) is 3.08. The lowest BCUT2D eigenvalue weighted by Gasteiger charge is -2.03. The Balaban J connectivity index is 2.01. The second-order valence-electron chi connectivity index (χ2n) is 4.46. The number of halogens is 1. The first-order valence-corrected chi connectivity index (χ1v) is 6.49. The van der Waals surface area contributed by atoms with Crippen molar-refractivity contribution < 1.29 is 5.11 Å². The predicted octanol–water partition coefficient (Wildman–Crippen LogP) is 3.60. The summed E-state index contributed by atoms with van der Waals surface area (Å²) in [7, 11) is 0. The van der Waals surface area contributed by atoms with Crippen LogP contribution in [0.1, 0.15) is 5.69 Å². The zero-order valence-corrected chi connectivity index (χ0v) is 11.5. The molecule has 0 amide bonds. The van der Waals surface area contributed by atoms with Crippen molar-refractivity contribution in [3.8, 4) is 22.7 Å². The van der Waals surface area contributed by atoms with E-state index in [4.69, 9.17) is 11.6 Å². The van der Waals surface area contributed by atoms with Crippen LogP contribution in [0, 0.1) is 6.92 Å². The summed E-state index contributed by atoms with van der Waals surface area (Å²) in [6.07, 6.45) is 3.58. The Hall–Kier alpha value is -2.33.